The number of benzene rings is 2. The zero-order valence-electron chi connectivity index (χ0n) is 13.0. The molecule has 0 aromatic heterocycles. The van der Waals surface area contributed by atoms with Crippen molar-refractivity contribution in [3.05, 3.63) is 65.7 Å². The van der Waals surface area contributed by atoms with E-state index in [-0.39, 0.29) is 11.9 Å². The second-order valence-corrected chi connectivity index (χ2v) is 5.41. The van der Waals surface area contributed by atoms with Crippen molar-refractivity contribution in [1.82, 2.24) is 4.90 Å². The Hall–Kier alpha value is -2.33. The van der Waals surface area contributed by atoms with Crippen molar-refractivity contribution >= 4 is 5.91 Å². The molecule has 2 rings (SSSR count). The lowest BCUT2D eigenvalue weighted by atomic mass is 10.1. The Bertz CT molecular complexity index is 596. The van der Waals surface area contributed by atoms with E-state index in [0.29, 0.717) is 13.2 Å². The number of ether oxygens (including phenoxy) is 1. The van der Waals surface area contributed by atoms with E-state index in [2.05, 4.69) is 0 Å². The topological polar surface area (TPSA) is 55.6 Å². The van der Waals surface area contributed by atoms with Crippen molar-refractivity contribution < 1.29 is 9.53 Å². The molecule has 0 saturated carbocycles. The summed E-state index contributed by atoms with van der Waals surface area (Å²) in [7, 11) is 1.89. The molecule has 0 bridgehead atoms. The number of likely N-dealkylation sites (N-methyl/N-ethyl adjacent to an activating group) is 1. The third-order valence-corrected chi connectivity index (χ3v) is 3.68. The van der Waals surface area contributed by atoms with Gasteiger partial charge in [-0.05, 0) is 37.2 Å². The highest BCUT2D eigenvalue weighted by Gasteiger charge is 2.14. The van der Waals surface area contributed by atoms with Crippen LogP contribution in [0.1, 0.15) is 18.1 Å². The molecule has 22 heavy (non-hydrogen) atoms. The zero-order chi connectivity index (χ0) is 15.9. The van der Waals surface area contributed by atoms with Gasteiger partial charge in [-0.3, -0.25) is 9.69 Å². The van der Waals surface area contributed by atoms with Gasteiger partial charge in [0, 0.05) is 6.54 Å². The first kappa shape index (κ1) is 16.0. The Morgan fingerprint density at radius 3 is 2.27 bits per heavy atom. The molecule has 4 heteroatoms. The Labute approximate surface area is 131 Å². The van der Waals surface area contributed by atoms with Crippen LogP contribution in [0.2, 0.25) is 0 Å². The quantitative estimate of drug-likeness (QED) is 0.854. The van der Waals surface area contributed by atoms with Gasteiger partial charge in [0.25, 0.3) is 0 Å². The molecule has 0 aliphatic heterocycles. The largest absolute Gasteiger partial charge is 0.489 e. The average molecular weight is 298 g/mol. The van der Waals surface area contributed by atoms with Crippen LogP contribution in [0.3, 0.4) is 0 Å². The highest BCUT2D eigenvalue weighted by molar-refractivity contribution is 5.79. The predicted molar refractivity (Wildman–Crippen MR) is 87.3 cm³/mol. The summed E-state index contributed by atoms with van der Waals surface area (Å²) in [6.45, 7) is 3.03. The van der Waals surface area contributed by atoms with Crippen molar-refractivity contribution in [3.63, 3.8) is 0 Å². The lowest BCUT2D eigenvalue weighted by Crippen LogP contribution is -2.39. The van der Waals surface area contributed by atoms with E-state index in [1.165, 1.54) is 0 Å². The van der Waals surface area contributed by atoms with Crippen LogP contribution in [0.25, 0.3) is 0 Å². The zero-order valence-corrected chi connectivity index (χ0v) is 13.0. The summed E-state index contributed by atoms with van der Waals surface area (Å²) in [6.07, 6.45) is 0. The molecule has 0 aliphatic carbocycles. The summed E-state index contributed by atoms with van der Waals surface area (Å²) in [5, 5.41) is 0. The Balaban J connectivity index is 1.89. The van der Waals surface area contributed by atoms with Gasteiger partial charge < -0.3 is 10.5 Å². The normalized spacial score (nSPS) is 12.1. The number of carbonyl (C=O) groups excluding carboxylic acids is 1. The van der Waals surface area contributed by atoms with Gasteiger partial charge in [-0.25, -0.2) is 0 Å². The van der Waals surface area contributed by atoms with Crippen LogP contribution >= 0.6 is 0 Å². The monoisotopic (exact) mass is 298 g/mol. The molecular formula is C18H22N2O2. The van der Waals surface area contributed by atoms with Crippen LogP contribution in [0.4, 0.5) is 0 Å². The molecule has 2 aromatic rings. The molecule has 0 radical (unpaired) electrons. The second kappa shape index (κ2) is 7.61. The number of nitrogens with two attached hydrogens (primary N) is 1. The summed E-state index contributed by atoms with van der Waals surface area (Å²) in [5.74, 6) is 0.553. The summed E-state index contributed by atoms with van der Waals surface area (Å²) < 4.78 is 5.71. The minimum Gasteiger partial charge on any atom is -0.489 e. The lowest BCUT2D eigenvalue weighted by molar-refractivity contribution is -0.122. The lowest BCUT2D eigenvalue weighted by Gasteiger charge is -2.21. The third-order valence-electron chi connectivity index (χ3n) is 3.68. The first-order valence-corrected chi connectivity index (χ1v) is 7.31. The van der Waals surface area contributed by atoms with Crippen LogP contribution in [0.5, 0.6) is 5.75 Å². The maximum absolute atomic E-state index is 11.2. The molecule has 1 atom stereocenters. The Morgan fingerprint density at radius 1 is 1.09 bits per heavy atom. The number of primary amides is 1. The summed E-state index contributed by atoms with van der Waals surface area (Å²) in [4.78, 5) is 13.1. The standard InChI is InChI=1S/C18H22N2O2/c1-14(18(19)21)20(2)12-15-8-10-16(11-9-15)13-22-17-6-4-3-5-7-17/h3-11,14H,12-13H2,1-2H3,(H2,19,21). The number of rotatable bonds is 7. The fourth-order valence-corrected chi connectivity index (χ4v) is 2.07. The molecule has 116 valence electrons. The third kappa shape index (κ3) is 4.60. The predicted octanol–water partition coefficient (Wildman–Crippen LogP) is 2.57. The van der Waals surface area contributed by atoms with E-state index < -0.39 is 0 Å². The van der Waals surface area contributed by atoms with E-state index in [1.54, 1.807) is 0 Å². The van der Waals surface area contributed by atoms with Gasteiger partial charge >= 0.3 is 0 Å². The fourth-order valence-electron chi connectivity index (χ4n) is 2.07. The van der Waals surface area contributed by atoms with Gasteiger partial charge in [0.15, 0.2) is 0 Å². The van der Waals surface area contributed by atoms with Crippen molar-refractivity contribution in [2.24, 2.45) is 5.73 Å². The molecule has 1 amide bonds. The van der Waals surface area contributed by atoms with E-state index in [4.69, 9.17) is 10.5 Å². The number of hydrogen-bond acceptors (Lipinski definition) is 3. The molecular weight excluding hydrogens is 276 g/mol. The highest BCUT2D eigenvalue weighted by atomic mass is 16.5. The van der Waals surface area contributed by atoms with Crippen LogP contribution < -0.4 is 10.5 Å². The molecule has 2 aromatic carbocycles. The van der Waals surface area contributed by atoms with Gasteiger partial charge in [-0.2, -0.15) is 0 Å². The molecule has 1 unspecified atom stereocenters. The second-order valence-electron chi connectivity index (χ2n) is 5.41. The molecule has 2 N–H and O–H groups in total. The van der Waals surface area contributed by atoms with E-state index in [1.807, 2.05) is 73.5 Å². The van der Waals surface area contributed by atoms with E-state index in [9.17, 15) is 4.79 Å². The van der Waals surface area contributed by atoms with Crippen LogP contribution in [0, 0.1) is 0 Å². The van der Waals surface area contributed by atoms with Gasteiger partial charge in [0.2, 0.25) is 5.91 Å². The van der Waals surface area contributed by atoms with Gasteiger partial charge in [0.05, 0.1) is 6.04 Å². The summed E-state index contributed by atoms with van der Waals surface area (Å²) >= 11 is 0. The molecule has 0 aliphatic rings. The molecule has 0 fully saturated rings. The van der Waals surface area contributed by atoms with Crippen molar-refractivity contribution in [3.8, 4) is 5.75 Å². The van der Waals surface area contributed by atoms with Gasteiger partial charge in [-0.15, -0.1) is 0 Å². The number of para-hydroxylation sites is 1. The maximum atomic E-state index is 11.2. The number of carbonyl (C=O) groups is 1. The average Bonchev–Trinajstić information content (AvgIpc) is 2.54. The summed E-state index contributed by atoms with van der Waals surface area (Å²) in [6, 6.07) is 17.7. The van der Waals surface area contributed by atoms with Crippen LogP contribution in [-0.2, 0) is 17.9 Å². The van der Waals surface area contributed by atoms with Crippen LogP contribution in [-0.4, -0.2) is 23.9 Å². The summed E-state index contributed by atoms with van der Waals surface area (Å²) in [5.41, 5.74) is 7.56. The minimum atomic E-state index is -0.310. The van der Waals surface area contributed by atoms with E-state index >= 15 is 0 Å². The smallest absolute Gasteiger partial charge is 0.234 e. The number of amides is 1. The molecule has 0 spiro atoms. The minimum absolute atomic E-state index is 0.277. The van der Waals surface area contributed by atoms with Crippen molar-refractivity contribution in [2.75, 3.05) is 7.05 Å². The fraction of sp³-hybridized carbons (Fsp3) is 0.278. The maximum Gasteiger partial charge on any atom is 0.234 e. The number of nitrogens with zero attached hydrogens (tertiary/aromatic N) is 1. The number of hydrogen-bond donors (Lipinski definition) is 1. The van der Waals surface area contributed by atoms with Crippen molar-refractivity contribution in [2.45, 2.75) is 26.1 Å². The molecule has 0 saturated heterocycles. The first-order valence-electron chi connectivity index (χ1n) is 7.31. The first-order chi connectivity index (χ1) is 10.6. The van der Waals surface area contributed by atoms with Gasteiger partial charge in [-0.1, -0.05) is 42.5 Å². The SMILES string of the molecule is CC(C(N)=O)N(C)Cc1ccc(COc2ccccc2)cc1. The molecule has 4 nitrogen and oxygen atoms in total. The van der Waals surface area contributed by atoms with E-state index in [0.717, 1.165) is 16.9 Å². The highest BCUT2D eigenvalue weighted by Crippen LogP contribution is 2.13. The Morgan fingerprint density at radius 2 is 1.68 bits per heavy atom. The molecule has 0 heterocycles. The van der Waals surface area contributed by atoms with Gasteiger partial charge in [0.1, 0.15) is 12.4 Å². The Kier molecular flexibility index (Phi) is 5.55. The van der Waals surface area contributed by atoms with Crippen LogP contribution in [0.15, 0.2) is 54.6 Å². The van der Waals surface area contributed by atoms with Crippen molar-refractivity contribution in [1.29, 1.82) is 0 Å².